The molecule has 0 atom stereocenters. The van der Waals surface area contributed by atoms with Crippen molar-refractivity contribution in [3.63, 3.8) is 0 Å². The summed E-state index contributed by atoms with van der Waals surface area (Å²) in [4.78, 5) is 45.0. The van der Waals surface area contributed by atoms with Gasteiger partial charge >= 0.3 is 0 Å². The minimum atomic E-state index is -2.79. The Balaban J connectivity index is 1.35. The molecule has 14 heteroatoms. The molecule has 2 amide bonds. The molecule has 0 aromatic carbocycles. The molecule has 0 saturated carbocycles. The number of thiazole rings is 1. The Morgan fingerprint density at radius 2 is 1.85 bits per heavy atom. The van der Waals surface area contributed by atoms with Crippen LogP contribution in [0, 0.1) is 6.92 Å². The van der Waals surface area contributed by atoms with Gasteiger partial charge in [0.25, 0.3) is 18.2 Å². The summed E-state index contributed by atoms with van der Waals surface area (Å²) in [6.45, 7) is 2.11. The number of halogens is 4. The predicted octanol–water partition coefficient (Wildman–Crippen LogP) is 5.96. The summed E-state index contributed by atoms with van der Waals surface area (Å²) >= 11 is 13.1. The lowest BCUT2D eigenvalue weighted by atomic mass is 10.0. The number of alkyl halides is 2. The summed E-state index contributed by atoms with van der Waals surface area (Å²) in [5.74, 6) is -0.557. The fraction of sp³-hybridized carbons (Fsp3) is 0.200. The highest BCUT2D eigenvalue weighted by Crippen LogP contribution is 2.36. The van der Waals surface area contributed by atoms with E-state index < -0.39 is 18.2 Å². The summed E-state index contributed by atoms with van der Waals surface area (Å²) in [5.41, 5.74) is 2.12. The highest BCUT2D eigenvalue weighted by Gasteiger charge is 2.30. The molecule has 4 aromatic rings. The average molecular weight is 591 g/mol. The van der Waals surface area contributed by atoms with Gasteiger partial charge in [0.1, 0.15) is 21.7 Å². The minimum Gasteiger partial charge on any atom is -0.494 e. The number of fused-ring (bicyclic) bond motifs is 1. The number of methoxy groups -OCH3 is 1. The number of hydrogen-bond donors (Lipinski definition) is 1. The zero-order valence-corrected chi connectivity index (χ0v) is 22.7. The number of nitrogens with zero attached hydrogens (tertiary/aromatic N) is 5. The molecule has 0 fully saturated rings. The van der Waals surface area contributed by atoms with Crippen molar-refractivity contribution in [3.8, 4) is 16.9 Å². The monoisotopic (exact) mass is 590 g/mol. The number of hydrogen-bond acceptors (Lipinski definition) is 8. The van der Waals surface area contributed by atoms with E-state index in [0.29, 0.717) is 33.4 Å². The molecule has 0 aliphatic carbocycles. The summed E-state index contributed by atoms with van der Waals surface area (Å²) < 4.78 is 31.7. The van der Waals surface area contributed by atoms with Crippen molar-refractivity contribution in [2.45, 2.75) is 26.4 Å². The lowest BCUT2D eigenvalue weighted by Gasteiger charge is -2.16. The summed E-state index contributed by atoms with van der Waals surface area (Å²) in [6, 6.07) is 5.41. The standard InChI is InChI=1S/C25H18Cl2F2N6O3S/c1-11-3-13(14-6-20(26)31-8-18(14)38-2)15(7-30-11)23(36)34-25-33-17-9-35(10-19(17)39-25)24(37)16-4-12(22(28)29)5-21(27)32-16/h3-8,22H,9-10H2,1-2H3,(H,33,34,36). The molecule has 200 valence electrons. The molecule has 4 aromatic heterocycles. The van der Waals surface area contributed by atoms with E-state index in [1.807, 2.05) is 0 Å². The predicted molar refractivity (Wildman–Crippen MR) is 142 cm³/mol. The van der Waals surface area contributed by atoms with Crippen LogP contribution in [0.15, 0.2) is 36.7 Å². The van der Waals surface area contributed by atoms with Gasteiger partial charge in [0.05, 0.1) is 42.5 Å². The number of nitrogens with one attached hydrogen (secondary N) is 1. The summed E-state index contributed by atoms with van der Waals surface area (Å²) in [7, 11) is 1.49. The van der Waals surface area contributed by atoms with Crippen LogP contribution in [0.4, 0.5) is 13.9 Å². The SMILES string of the molecule is COc1cnc(Cl)cc1-c1cc(C)ncc1C(=O)Nc1nc2c(s1)CN(C(=O)c1cc(C(F)F)cc(Cl)n1)C2. The first kappa shape index (κ1) is 26.9. The van der Waals surface area contributed by atoms with Crippen LogP contribution in [0.3, 0.4) is 0 Å². The van der Waals surface area contributed by atoms with Crippen LogP contribution in [0.25, 0.3) is 11.1 Å². The lowest BCUT2D eigenvalue weighted by Crippen LogP contribution is -2.26. The molecule has 39 heavy (non-hydrogen) atoms. The van der Waals surface area contributed by atoms with E-state index in [1.165, 1.54) is 35.7 Å². The maximum Gasteiger partial charge on any atom is 0.273 e. The fourth-order valence-corrected chi connectivity index (χ4v) is 5.43. The Bertz CT molecular complexity index is 1590. The van der Waals surface area contributed by atoms with E-state index in [2.05, 4.69) is 25.3 Å². The van der Waals surface area contributed by atoms with Gasteiger partial charge in [-0.05, 0) is 31.2 Å². The molecule has 1 aliphatic rings. The van der Waals surface area contributed by atoms with Crippen LogP contribution in [-0.4, -0.2) is 43.8 Å². The van der Waals surface area contributed by atoms with Crippen molar-refractivity contribution in [2.75, 3.05) is 12.4 Å². The summed E-state index contributed by atoms with van der Waals surface area (Å²) in [6.07, 6.45) is 0.146. The molecule has 0 bridgehead atoms. The number of aryl methyl sites for hydroxylation is 1. The smallest absolute Gasteiger partial charge is 0.273 e. The molecule has 5 heterocycles. The second kappa shape index (κ2) is 10.8. The van der Waals surface area contributed by atoms with Crippen molar-refractivity contribution >= 4 is 51.5 Å². The first-order valence-corrected chi connectivity index (χ1v) is 12.9. The molecule has 1 aliphatic heterocycles. The van der Waals surface area contributed by atoms with E-state index in [9.17, 15) is 18.4 Å². The number of rotatable bonds is 6. The second-order valence-corrected chi connectivity index (χ2v) is 10.4. The first-order chi connectivity index (χ1) is 18.6. The van der Waals surface area contributed by atoms with Crippen LogP contribution in [0.1, 0.15) is 49.1 Å². The van der Waals surface area contributed by atoms with Gasteiger partial charge in [0, 0.05) is 28.6 Å². The van der Waals surface area contributed by atoms with Gasteiger partial charge in [-0.1, -0.05) is 34.5 Å². The van der Waals surface area contributed by atoms with Crippen molar-refractivity contribution in [3.05, 3.63) is 80.1 Å². The molecular weight excluding hydrogens is 573 g/mol. The third-order valence-corrected chi connectivity index (χ3v) is 7.28. The minimum absolute atomic E-state index is 0.128. The van der Waals surface area contributed by atoms with Crippen LogP contribution in [0.5, 0.6) is 5.75 Å². The number of aromatic nitrogens is 4. The number of ether oxygens (including phenoxy) is 1. The lowest BCUT2D eigenvalue weighted by molar-refractivity contribution is 0.0744. The van der Waals surface area contributed by atoms with Gasteiger partial charge in [-0.2, -0.15) is 0 Å². The van der Waals surface area contributed by atoms with Crippen molar-refractivity contribution < 1.29 is 23.1 Å². The highest BCUT2D eigenvalue weighted by molar-refractivity contribution is 7.16. The van der Waals surface area contributed by atoms with Crippen LogP contribution in [-0.2, 0) is 13.1 Å². The Morgan fingerprint density at radius 3 is 2.56 bits per heavy atom. The molecule has 0 saturated heterocycles. The third kappa shape index (κ3) is 5.54. The van der Waals surface area contributed by atoms with Gasteiger partial charge in [-0.3, -0.25) is 19.9 Å². The normalized spacial score (nSPS) is 12.5. The van der Waals surface area contributed by atoms with E-state index in [4.69, 9.17) is 27.9 Å². The number of amides is 2. The van der Waals surface area contributed by atoms with Crippen molar-refractivity contribution in [1.82, 2.24) is 24.8 Å². The number of pyridine rings is 3. The Hall–Kier alpha value is -3.74. The Morgan fingerprint density at radius 1 is 1.05 bits per heavy atom. The molecule has 0 unspecified atom stereocenters. The highest BCUT2D eigenvalue weighted by atomic mass is 35.5. The van der Waals surface area contributed by atoms with Crippen molar-refractivity contribution in [2.24, 2.45) is 0 Å². The fourth-order valence-electron chi connectivity index (χ4n) is 4.07. The van der Waals surface area contributed by atoms with Crippen LogP contribution in [0.2, 0.25) is 10.3 Å². The van der Waals surface area contributed by atoms with Gasteiger partial charge in [0.2, 0.25) is 0 Å². The number of carbonyl (C=O) groups excluding carboxylic acids is 2. The Labute approximate surface area is 234 Å². The maximum absolute atomic E-state index is 13.3. The van der Waals surface area contributed by atoms with Gasteiger partial charge in [-0.15, -0.1) is 0 Å². The van der Waals surface area contributed by atoms with E-state index >= 15 is 0 Å². The van der Waals surface area contributed by atoms with Crippen LogP contribution < -0.4 is 10.1 Å². The zero-order valence-electron chi connectivity index (χ0n) is 20.3. The van der Waals surface area contributed by atoms with Gasteiger partial charge < -0.3 is 9.64 Å². The zero-order chi connectivity index (χ0) is 27.8. The van der Waals surface area contributed by atoms with E-state index in [0.717, 1.165) is 17.0 Å². The van der Waals surface area contributed by atoms with Gasteiger partial charge in [0.15, 0.2) is 5.13 Å². The quantitative estimate of drug-likeness (QED) is 0.276. The molecule has 5 rings (SSSR count). The second-order valence-electron chi connectivity index (χ2n) is 8.49. The third-order valence-electron chi connectivity index (χ3n) is 5.88. The molecule has 9 nitrogen and oxygen atoms in total. The van der Waals surface area contributed by atoms with E-state index in [-0.39, 0.29) is 40.2 Å². The van der Waals surface area contributed by atoms with Crippen molar-refractivity contribution in [1.29, 1.82) is 0 Å². The molecule has 0 spiro atoms. The van der Waals surface area contributed by atoms with Gasteiger partial charge in [-0.25, -0.2) is 23.7 Å². The Kier molecular flexibility index (Phi) is 7.43. The first-order valence-electron chi connectivity index (χ1n) is 11.3. The topological polar surface area (TPSA) is 110 Å². The number of anilines is 1. The largest absolute Gasteiger partial charge is 0.494 e. The maximum atomic E-state index is 13.3. The van der Waals surface area contributed by atoms with Crippen LogP contribution >= 0.6 is 34.5 Å². The number of carbonyl (C=O) groups is 2. The summed E-state index contributed by atoms with van der Waals surface area (Å²) in [5, 5.41) is 3.18. The molecular formula is C25H18Cl2F2N6O3S. The van der Waals surface area contributed by atoms with E-state index in [1.54, 1.807) is 19.1 Å². The average Bonchev–Trinajstić information content (AvgIpc) is 3.46. The molecule has 1 N–H and O–H groups in total. The molecule has 0 radical (unpaired) electrons.